The van der Waals surface area contributed by atoms with Gasteiger partial charge in [-0.15, -0.1) is 0 Å². The molecule has 1 aromatic carbocycles. The molecule has 0 unspecified atom stereocenters. The zero-order chi connectivity index (χ0) is 13.7. The molecule has 1 aromatic heterocycles. The highest BCUT2D eigenvalue weighted by Crippen LogP contribution is 2.35. The van der Waals surface area contributed by atoms with E-state index in [9.17, 15) is 0 Å². The third-order valence-corrected chi connectivity index (χ3v) is 4.07. The number of halogens is 1. The monoisotopic (exact) mass is 308 g/mol. The standard InChI is InChI=1S/C15H21BrN2/c1-14(2,3)9-6-7-11-10(8-9)12(16)13(18-11)15(4,5)17/h6-8,18H,17H2,1-5H3. The van der Waals surface area contributed by atoms with E-state index >= 15 is 0 Å². The lowest BCUT2D eigenvalue weighted by molar-refractivity contribution is 0.537. The molecule has 2 aromatic rings. The SMILES string of the molecule is CC(C)(C)c1ccc2[nH]c(C(C)(C)N)c(Br)c2c1. The Morgan fingerprint density at radius 2 is 1.72 bits per heavy atom. The molecule has 18 heavy (non-hydrogen) atoms. The number of fused-ring (bicyclic) bond motifs is 1. The minimum absolute atomic E-state index is 0.156. The smallest absolute Gasteiger partial charge is 0.0516 e. The summed E-state index contributed by atoms with van der Waals surface area (Å²) in [5.74, 6) is 0. The summed E-state index contributed by atoms with van der Waals surface area (Å²) in [6.45, 7) is 10.7. The summed E-state index contributed by atoms with van der Waals surface area (Å²) < 4.78 is 1.08. The Kier molecular flexibility index (Phi) is 3.11. The summed E-state index contributed by atoms with van der Waals surface area (Å²) in [5.41, 5.74) is 9.47. The van der Waals surface area contributed by atoms with Gasteiger partial charge in [-0.05, 0) is 52.9 Å². The van der Waals surface area contributed by atoms with Crippen molar-refractivity contribution in [3.63, 3.8) is 0 Å². The zero-order valence-corrected chi connectivity index (χ0v) is 13.3. The van der Waals surface area contributed by atoms with E-state index < -0.39 is 0 Å². The predicted octanol–water partition coefficient (Wildman–Crippen LogP) is 4.42. The van der Waals surface area contributed by atoms with Gasteiger partial charge in [-0.3, -0.25) is 0 Å². The van der Waals surface area contributed by atoms with Crippen LogP contribution in [0.4, 0.5) is 0 Å². The van der Waals surface area contributed by atoms with Crippen molar-refractivity contribution < 1.29 is 0 Å². The summed E-state index contributed by atoms with van der Waals surface area (Å²) in [5, 5.41) is 1.20. The number of rotatable bonds is 1. The molecule has 0 amide bonds. The minimum Gasteiger partial charge on any atom is -0.356 e. The van der Waals surface area contributed by atoms with Crippen LogP contribution in [-0.2, 0) is 11.0 Å². The summed E-state index contributed by atoms with van der Waals surface area (Å²) in [7, 11) is 0. The van der Waals surface area contributed by atoms with E-state index in [0.717, 1.165) is 15.7 Å². The van der Waals surface area contributed by atoms with Crippen molar-refractivity contribution in [3.8, 4) is 0 Å². The first-order valence-electron chi connectivity index (χ1n) is 6.22. The van der Waals surface area contributed by atoms with Crippen molar-refractivity contribution in [2.45, 2.75) is 45.6 Å². The maximum atomic E-state index is 6.18. The topological polar surface area (TPSA) is 41.8 Å². The van der Waals surface area contributed by atoms with E-state index in [-0.39, 0.29) is 11.0 Å². The lowest BCUT2D eigenvalue weighted by atomic mass is 9.86. The van der Waals surface area contributed by atoms with E-state index in [2.05, 4.69) is 59.9 Å². The van der Waals surface area contributed by atoms with Crippen LogP contribution >= 0.6 is 15.9 Å². The number of hydrogen-bond donors (Lipinski definition) is 2. The van der Waals surface area contributed by atoms with E-state index in [0.29, 0.717) is 0 Å². The second kappa shape index (κ2) is 4.10. The molecule has 0 atom stereocenters. The fourth-order valence-corrected chi connectivity index (χ4v) is 3.01. The van der Waals surface area contributed by atoms with Crippen molar-refractivity contribution in [1.82, 2.24) is 4.98 Å². The highest BCUT2D eigenvalue weighted by Gasteiger charge is 2.23. The van der Waals surface area contributed by atoms with Gasteiger partial charge in [-0.1, -0.05) is 26.8 Å². The van der Waals surface area contributed by atoms with Gasteiger partial charge in [0.2, 0.25) is 0 Å². The Morgan fingerprint density at radius 1 is 1.11 bits per heavy atom. The van der Waals surface area contributed by atoms with E-state index in [1.54, 1.807) is 0 Å². The molecule has 3 N–H and O–H groups in total. The normalized spacial score (nSPS) is 13.3. The van der Waals surface area contributed by atoms with Crippen LogP contribution in [0.3, 0.4) is 0 Å². The average molecular weight is 309 g/mol. The number of hydrogen-bond acceptors (Lipinski definition) is 1. The van der Waals surface area contributed by atoms with Crippen LogP contribution in [0.5, 0.6) is 0 Å². The summed E-state index contributed by atoms with van der Waals surface area (Å²) in [4.78, 5) is 3.41. The number of nitrogens with one attached hydrogen (secondary N) is 1. The van der Waals surface area contributed by atoms with E-state index in [1.165, 1.54) is 10.9 Å². The van der Waals surface area contributed by atoms with Crippen LogP contribution in [0.15, 0.2) is 22.7 Å². The highest BCUT2D eigenvalue weighted by atomic mass is 79.9. The molecule has 0 saturated heterocycles. The molecule has 0 radical (unpaired) electrons. The second-order valence-corrected chi connectivity index (χ2v) is 7.34. The molecule has 3 heteroatoms. The molecule has 0 bridgehead atoms. The van der Waals surface area contributed by atoms with Gasteiger partial charge in [0.1, 0.15) is 0 Å². The number of H-pyrrole nitrogens is 1. The van der Waals surface area contributed by atoms with Gasteiger partial charge < -0.3 is 10.7 Å². The molecule has 0 aliphatic rings. The van der Waals surface area contributed by atoms with E-state index in [1.807, 2.05) is 13.8 Å². The Hall–Kier alpha value is -0.800. The molecule has 0 aliphatic carbocycles. The van der Waals surface area contributed by atoms with Crippen LogP contribution in [-0.4, -0.2) is 4.98 Å². The van der Waals surface area contributed by atoms with Crippen LogP contribution < -0.4 is 5.73 Å². The van der Waals surface area contributed by atoms with Crippen LogP contribution in [0, 0.1) is 0 Å². The molecular formula is C15H21BrN2. The van der Waals surface area contributed by atoms with Crippen molar-refractivity contribution in [1.29, 1.82) is 0 Å². The Morgan fingerprint density at radius 3 is 2.22 bits per heavy atom. The number of aromatic amines is 1. The zero-order valence-electron chi connectivity index (χ0n) is 11.7. The lowest BCUT2D eigenvalue weighted by Crippen LogP contribution is -2.29. The number of nitrogens with two attached hydrogens (primary N) is 1. The van der Waals surface area contributed by atoms with Crippen molar-refractivity contribution in [2.24, 2.45) is 5.73 Å². The van der Waals surface area contributed by atoms with Crippen molar-refractivity contribution in [3.05, 3.63) is 33.9 Å². The van der Waals surface area contributed by atoms with Crippen LogP contribution in [0.25, 0.3) is 10.9 Å². The maximum Gasteiger partial charge on any atom is 0.0516 e. The quantitative estimate of drug-likeness (QED) is 0.804. The Balaban J connectivity index is 2.68. The van der Waals surface area contributed by atoms with Gasteiger partial charge >= 0.3 is 0 Å². The van der Waals surface area contributed by atoms with Gasteiger partial charge in [0.25, 0.3) is 0 Å². The lowest BCUT2D eigenvalue weighted by Gasteiger charge is -2.19. The first-order valence-corrected chi connectivity index (χ1v) is 7.01. The van der Waals surface area contributed by atoms with Gasteiger partial charge in [0.15, 0.2) is 0 Å². The average Bonchev–Trinajstić information content (AvgIpc) is 2.54. The molecule has 0 fully saturated rings. The largest absolute Gasteiger partial charge is 0.356 e. The number of benzene rings is 1. The fourth-order valence-electron chi connectivity index (χ4n) is 2.07. The van der Waals surface area contributed by atoms with Gasteiger partial charge in [-0.2, -0.15) is 0 Å². The summed E-state index contributed by atoms with van der Waals surface area (Å²) in [6.07, 6.45) is 0. The highest BCUT2D eigenvalue weighted by molar-refractivity contribution is 9.10. The Labute approximate surface area is 117 Å². The molecule has 98 valence electrons. The van der Waals surface area contributed by atoms with Crippen LogP contribution in [0.1, 0.15) is 45.9 Å². The van der Waals surface area contributed by atoms with Crippen LogP contribution in [0.2, 0.25) is 0 Å². The van der Waals surface area contributed by atoms with Gasteiger partial charge in [0.05, 0.1) is 5.54 Å². The van der Waals surface area contributed by atoms with Gasteiger partial charge in [-0.25, -0.2) is 0 Å². The van der Waals surface area contributed by atoms with E-state index in [4.69, 9.17) is 5.73 Å². The third kappa shape index (κ3) is 2.34. The fraction of sp³-hybridized carbons (Fsp3) is 0.467. The minimum atomic E-state index is -0.375. The molecule has 0 spiro atoms. The molecule has 0 saturated carbocycles. The first-order chi connectivity index (χ1) is 8.10. The second-order valence-electron chi connectivity index (χ2n) is 6.55. The first kappa shape index (κ1) is 13.6. The molecule has 1 heterocycles. The molecule has 2 nitrogen and oxygen atoms in total. The molecule has 2 rings (SSSR count). The summed E-state index contributed by atoms with van der Waals surface area (Å²) >= 11 is 3.68. The number of aromatic nitrogens is 1. The summed E-state index contributed by atoms with van der Waals surface area (Å²) in [6, 6.07) is 6.56. The Bertz CT molecular complexity index is 583. The third-order valence-electron chi connectivity index (χ3n) is 3.25. The molecule has 0 aliphatic heterocycles. The van der Waals surface area contributed by atoms with Crippen molar-refractivity contribution in [2.75, 3.05) is 0 Å². The van der Waals surface area contributed by atoms with Crippen molar-refractivity contribution >= 4 is 26.8 Å². The maximum absolute atomic E-state index is 6.18. The predicted molar refractivity (Wildman–Crippen MR) is 81.9 cm³/mol. The van der Waals surface area contributed by atoms with Gasteiger partial charge in [0, 0.05) is 21.1 Å². The molecular weight excluding hydrogens is 288 g/mol.